The van der Waals surface area contributed by atoms with Gasteiger partial charge in [0.25, 0.3) is 11.8 Å². The number of carboxylic acid groups (broad SMARTS) is 1. The van der Waals surface area contributed by atoms with Crippen molar-refractivity contribution in [1.29, 1.82) is 0 Å². The lowest BCUT2D eigenvalue weighted by molar-refractivity contribution is -0.141. The van der Waals surface area contributed by atoms with E-state index in [1.165, 1.54) is 12.1 Å². The summed E-state index contributed by atoms with van der Waals surface area (Å²) in [7, 11) is 0. The lowest BCUT2D eigenvalue weighted by atomic mass is 10.0. The zero-order valence-corrected chi connectivity index (χ0v) is 18.9. The van der Waals surface area contributed by atoms with E-state index in [0.29, 0.717) is 10.2 Å². The number of carboxylic acids is 1. The van der Waals surface area contributed by atoms with Gasteiger partial charge < -0.3 is 20.2 Å². The Morgan fingerprint density at radius 1 is 1.10 bits per heavy atom. The second-order valence-corrected chi connectivity index (χ2v) is 8.36. The van der Waals surface area contributed by atoms with Crippen molar-refractivity contribution in [3.8, 4) is 0 Å². The van der Waals surface area contributed by atoms with Crippen LogP contribution in [0.4, 0.5) is 0 Å². The summed E-state index contributed by atoms with van der Waals surface area (Å²) in [5.74, 6) is -2.42. The number of hydrogen-bond acceptors (Lipinski definition) is 4. The molecule has 154 valence electrons. The molecule has 0 radical (unpaired) electrons. The number of rotatable bonds is 8. The molecule has 3 N–H and O–H groups in total. The number of hydrogen-bond donors (Lipinski definition) is 3. The van der Waals surface area contributed by atoms with Gasteiger partial charge in [0.1, 0.15) is 11.7 Å². The molecule has 1 atom stereocenters. The number of carbonyl (C=O) groups is 3. The van der Waals surface area contributed by atoms with E-state index < -0.39 is 23.8 Å². The van der Waals surface area contributed by atoms with Crippen molar-refractivity contribution in [2.75, 3.05) is 0 Å². The zero-order chi connectivity index (χ0) is 21.6. The second-order valence-electron chi connectivity index (χ2n) is 6.66. The van der Waals surface area contributed by atoms with Gasteiger partial charge in [0.15, 0.2) is 10.4 Å². The Balaban J connectivity index is 2.29. The molecule has 2 rings (SSSR count). The molecule has 0 bridgehead atoms. The van der Waals surface area contributed by atoms with E-state index in [2.05, 4.69) is 42.5 Å². The molecule has 0 aliphatic rings. The van der Waals surface area contributed by atoms with Gasteiger partial charge in [-0.25, -0.2) is 4.79 Å². The first-order valence-electron chi connectivity index (χ1n) is 8.73. The number of halogens is 2. The van der Waals surface area contributed by atoms with E-state index in [9.17, 15) is 19.5 Å². The van der Waals surface area contributed by atoms with Crippen LogP contribution in [-0.2, 0) is 9.59 Å². The van der Waals surface area contributed by atoms with Gasteiger partial charge in [-0.05, 0) is 64.2 Å². The highest BCUT2D eigenvalue weighted by Gasteiger charge is 2.24. The highest BCUT2D eigenvalue weighted by Crippen LogP contribution is 2.16. The highest BCUT2D eigenvalue weighted by atomic mass is 79.9. The Bertz CT molecular complexity index is 919. The predicted octanol–water partition coefficient (Wildman–Crippen LogP) is 4.19. The van der Waals surface area contributed by atoms with Gasteiger partial charge in [-0.1, -0.05) is 41.9 Å². The molecule has 0 saturated heterocycles. The van der Waals surface area contributed by atoms with Crippen molar-refractivity contribution < 1.29 is 23.9 Å². The fourth-order valence-electron chi connectivity index (χ4n) is 2.43. The van der Waals surface area contributed by atoms with Crippen molar-refractivity contribution in [3.63, 3.8) is 0 Å². The highest BCUT2D eigenvalue weighted by molar-refractivity contribution is 9.10. The maximum absolute atomic E-state index is 12.8. The first-order chi connectivity index (χ1) is 13.7. The SMILES string of the molecule is CC(C)C[C@H](NC(=O)/C(=C\c1ccc(Br)cc1)NC(=O)c1ccc(Br)o1)C(=O)O. The summed E-state index contributed by atoms with van der Waals surface area (Å²) in [6.45, 7) is 3.72. The van der Waals surface area contributed by atoms with E-state index in [1.807, 2.05) is 13.8 Å². The van der Waals surface area contributed by atoms with Crippen LogP contribution in [-0.4, -0.2) is 28.9 Å². The van der Waals surface area contributed by atoms with Crippen molar-refractivity contribution in [1.82, 2.24) is 10.6 Å². The van der Waals surface area contributed by atoms with E-state index in [4.69, 9.17) is 4.42 Å². The lowest BCUT2D eigenvalue weighted by Gasteiger charge is -2.18. The van der Waals surface area contributed by atoms with Crippen LogP contribution in [0.15, 0.2) is 55.7 Å². The number of benzene rings is 1. The van der Waals surface area contributed by atoms with Gasteiger partial charge in [0.05, 0.1) is 0 Å². The van der Waals surface area contributed by atoms with E-state index in [-0.39, 0.29) is 23.8 Å². The molecule has 2 aromatic rings. The minimum atomic E-state index is -1.14. The van der Waals surface area contributed by atoms with Gasteiger partial charge >= 0.3 is 5.97 Å². The van der Waals surface area contributed by atoms with E-state index >= 15 is 0 Å². The maximum atomic E-state index is 12.8. The molecule has 1 aromatic heterocycles. The third-order valence-corrected chi connectivity index (χ3v) is 4.74. The molecule has 7 nitrogen and oxygen atoms in total. The van der Waals surface area contributed by atoms with E-state index in [1.54, 1.807) is 30.3 Å². The summed E-state index contributed by atoms with van der Waals surface area (Å²) in [6, 6.07) is 8.98. The molecule has 0 unspecified atom stereocenters. The fraction of sp³-hybridized carbons (Fsp3) is 0.250. The van der Waals surface area contributed by atoms with Crippen molar-refractivity contribution >= 4 is 55.7 Å². The molecule has 0 saturated carbocycles. The van der Waals surface area contributed by atoms with Crippen LogP contribution >= 0.6 is 31.9 Å². The largest absolute Gasteiger partial charge is 0.480 e. The van der Waals surface area contributed by atoms with Gasteiger partial charge in [-0.15, -0.1) is 0 Å². The zero-order valence-electron chi connectivity index (χ0n) is 15.7. The Morgan fingerprint density at radius 3 is 2.28 bits per heavy atom. The molecule has 2 amide bonds. The molecule has 0 fully saturated rings. The average molecular weight is 528 g/mol. The smallest absolute Gasteiger partial charge is 0.326 e. The van der Waals surface area contributed by atoms with Crippen LogP contribution in [0.1, 0.15) is 36.4 Å². The number of nitrogens with one attached hydrogen (secondary N) is 2. The molecule has 9 heteroatoms. The van der Waals surface area contributed by atoms with Crippen molar-refractivity contribution in [2.45, 2.75) is 26.3 Å². The first kappa shape index (κ1) is 22.9. The minimum Gasteiger partial charge on any atom is -0.480 e. The van der Waals surface area contributed by atoms with Crippen molar-refractivity contribution in [2.24, 2.45) is 5.92 Å². The number of amides is 2. The fourth-order valence-corrected chi connectivity index (χ4v) is 3.00. The molecule has 1 aromatic carbocycles. The van der Waals surface area contributed by atoms with Crippen LogP contribution < -0.4 is 10.6 Å². The standard InChI is InChI=1S/C20H20Br2N2O5/c1-11(2)9-15(20(27)28)24-18(25)14(10-12-3-5-13(21)6-4-12)23-19(26)16-7-8-17(22)29-16/h3-8,10-11,15H,9H2,1-2H3,(H,23,26)(H,24,25)(H,27,28)/b14-10+/t15-/m0/s1. The number of aliphatic carboxylic acids is 1. The summed E-state index contributed by atoms with van der Waals surface area (Å²) in [6.07, 6.45) is 1.72. The van der Waals surface area contributed by atoms with Crippen LogP contribution in [0.25, 0.3) is 6.08 Å². The molecular weight excluding hydrogens is 508 g/mol. The normalized spacial score (nSPS) is 12.5. The van der Waals surface area contributed by atoms with Crippen LogP contribution in [0, 0.1) is 5.92 Å². The van der Waals surface area contributed by atoms with Gasteiger partial charge in [-0.2, -0.15) is 0 Å². The Morgan fingerprint density at radius 2 is 1.76 bits per heavy atom. The first-order valence-corrected chi connectivity index (χ1v) is 10.3. The quantitative estimate of drug-likeness (QED) is 0.446. The number of carbonyl (C=O) groups excluding carboxylic acids is 2. The summed E-state index contributed by atoms with van der Waals surface area (Å²) >= 11 is 6.45. The number of furan rings is 1. The average Bonchev–Trinajstić information content (AvgIpc) is 3.08. The summed E-state index contributed by atoms with van der Waals surface area (Å²) in [5.41, 5.74) is 0.551. The monoisotopic (exact) mass is 526 g/mol. The maximum Gasteiger partial charge on any atom is 0.326 e. The summed E-state index contributed by atoms with van der Waals surface area (Å²) in [4.78, 5) is 36.7. The Hall–Kier alpha value is -2.39. The summed E-state index contributed by atoms with van der Waals surface area (Å²) in [5, 5.41) is 14.4. The molecule has 29 heavy (non-hydrogen) atoms. The van der Waals surface area contributed by atoms with Crippen LogP contribution in [0.3, 0.4) is 0 Å². The van der Waals surface area contributed by atoms with Crippen molar-refractivity contribution in [3.05, 3.63) is 62.6 Å². The van der Waals surface area contributed by atoms with Gasteiger partial charge in [0.2, 0.25) is 0 Å². The van der Waals surface area contributed by atoms with Crippen LogP contribution in [0.2, 0.25) is 0 Å². The molecule has 1 heterocycles. The Labute approximate surface area is 184 Å². The van der Waals surface area contributed by atoms with Crippen LogP contribution in [0.5, 0.6) is 0 Å². The second kappa shape index (κ2) is 10.4. The molecule has 0 spiro atoms. The molecule has 0 aliphatic carbocycles. The topological polar surface area (TPSA) is 109 Å². The minimum absolute atomic E-state index is 0.00310. The van der Waals surface area contributed by atoms with Gasteiger partial charge in [0, 0.05) is 4.47 Å². The van der Waals surface area contributed by atoms with E-state index in [0.717, 1.165) is 4.47 Å². The summed E-state index contributed by atoms with van der Waals surface area (Å²) < 4.78 is 6.43. The third-order valence-electron chi connectivity index (χ3n) is 3.78. The van der Waals surface area contributed by atoms with Gasteiger partial charge in [-0.3, -0.25) is 9.59 Å². The lowest BCUT2D eigenvalue weighted by Crippen LogP contribution is -2.45. The Kier molecular flexibility index (Phi) is 8.21. The predicted molar refractivity (Wildman–Crippen MR) is 115 cm³/mol. The molecule has 0 aliphatic heterocycles. The molecular formula is C20H20Br2N2O5. The third kappa shape index (κ3) is 7.17.